The lowest BCUT2D eigenvalue weighted by molar-refractivity contribution is -0.142. The summed E-state index contributed by atoms with van der Waals surface area (Å²) in [6, 6.07) is 15.6. The second-order valence-corrected chi connectivity index (χ2v) is 8.62. The van der Waals surface area contributed by atoms with Gasteiger partial charge in [0.25, 0.3) is 0 Å². The van der Waals surface area contributed by atoms with Crippen LogP contribution < -0.4 is 5.32 Å². The normalized spacial score (nSPS) is 10.7. The summed E-state index contributed by atoms with van der Waals surface area (Å²) in [4.78, 5) is 23.9. The molecule has 0 unspecified atom stereocenters. The van der Waals surface area contributed by atoms with Crippen molar-refractivity contribution in [2.45, 2.75) is 64.2 Å². The molecule has 1 amide bonds. The van der Waals surface area contributed by atoms with Gasteiger partial charge in [-0.2, -0.15) is 0 Å². The van der Waals surface area contributed by atoms with E-state index in [9.17, 15) is 9.59 Å². The molecule has 0 saturated carbocycles. The third kappa shape index (κ3) is 12.9. The minimum Gasteiger partial charge on any atom is -0.465 e. The Morgan fingerprint density at radius 3 is 1.69 bits per heavy atom. The lowest BCUT2D eigenvalue weighted by Gasteiger charge is -2.09. The van der Waals surface area contributed by atoms with Gasteiger partial charge in [-0.25, -0.2) is 4.79 Å². The average molecular weight is 486 g/mol. The Hall–Kier alpha value is -2.90. The average Bonchev–Trinajstić information content (AvgIpc) is 2.86. The quantitative estimate of drug-likeness (QED) is 0.215. The van der Waals surface area contributed by atoms with E-state index in [1.54, 1.807) is 0 Å². The standard InChI is InChI=1S/C28H39NO6/c30-17-5-1-3-7-19-34-27(32)22-25-11-9-23(10-12-25)21-24-13-15-26(16-14-24)29-28(33)35-20-8-4-2-6-18-31/h9-16,30-31H,1-8,17-22H2,(H,29,33). The van der Waals surface area contributed by atoms with E-state index in [1.165, 1.54) is 0 Å². The molecule has 0 aliphatic heterocycles. The molecular formula is C28H39NO6. The van der Waals surface area contributed by atoms with Gasteiger partial charge >= 0.3 is 12.1 Å². The number of aliphatic hydroxyl groups is 2. The first kappa shape index (κ1) is 28.3. The van der Waals surface area contributed by atoms with Crippen LogP contribution in [0.5, 0.6) is 0 Å². The van der Waals surface area contributed by atoms with Crippen LogP contribution in [0.3, 0.4) is 0 Å². The number of nitrogens with one attached hydrogen (secondary N) is 1. The number of rotatable bonds is 17. The van der Waals surface area contributed by atoms with Gasteiger partial charge < -0.3 is 19.7 Å². The Morgan fingerprint density at radius 2 is 1.11 bits per heavy atom. The minimum atomic E-state index is -0.462. The largest absolute Gasteiger partial charge is 0.465 e. The Morgan fingerprint density at radius 1 is 0.629 bits per heavy atom. The molecule has 0 bridgehead atoms. The molecule has 2 aromatic carbocycles. The molecule has 0 spiro atoms. The number of unbranched alkanes of at least 4 members (excludes halogenated alkanes) is 6. The Balaban J connectivity index is 1.67. The molecule has 0 aromatic heterocycles. The molecule has 0 heterocycles. The van der Waals surface area contributed by atoms with Crippen molar-refractivity contribution in [2.75, 3.05) is 31.7 Å². The van der Waals surface area contributed by atoms with Crippen LogP contribution in [0, 0.1) is 0 Å². The van der Waals surface area contributed by atoms with Crippen molar-refractivity contribution in [1.82, 2.24) is 0 Å². The zero-order valence-electron chi connectivity index (χ0n) is 20.5. The Bertz CT molecular complexity index is 779. The zero-order chi connectivity index (χ0) is 25.1. The number of amides is 1. The van der Waals surface area contributed by atoms with Crippen molar-refractivity contribution >= 4 is 17.7 Å². The molecule has 7 heteroatoms. The highest BCUT2D eigenvalue weighted by Gasteiger charge is 2.06. The minimum absolute atomic E-state index is 0.202. The number of carbonyl (C=O) groups excluding carboxylic acids is 2. The van der Waals surface area contributed by atoms with E-state index >= 15 is 0 Å². The van der Waals surface area contributed by atoms with Gasteiger partial charge in [-0.1, -0.05) is 49.2 Å². The molecule has 0 saturated heterocycles. The van der Waals surface area contributed by atoms with Crippen LogP contribution in [0.25, 0.3) is 0 Å². The molecular weight excluding hydrogens is 446 g/mol. The van der Waals surface area contributed by atoms with E-state index in [2.05, 4.69) is 5.32 Å². The number of benzene rings is 2. The van der Waals surface area contributed by atoms with E-state index in [-0.39, 0.29) is 25.6 Å². The van der Waals surface area contributed by atoms with Gasteiger partial charge in [0.15, 0.2) is 0 Å². The first-order valence-corrected chi connectivity index (χ1v) is 12.6. The molecule has 35 heavy (non-hydrogen) atoms. The number of hydrogen-bond donors (Lipinski definition) is 3. The maximum atomic E-state index is 12.0. The number of esters is 1. The van der Waals surface area contributed by atoms with E-state index in [1.807, 2.05) is 48.5 Å². The predicted molar refractivity (Wildman–Crippen MR) is 136 cm³/mol. The highest BCUT2D eigenvalue weighted by molar-refractivity contribution is 5.84. The highest BCUT2D eigenvalue weighted by Crippen LogP contribution is 2.15. The third-order valence-electron chi connectivity index (χ3n) is 5.58. The van der Waals surface area contributed by atoms with Gasteiger partial charge in [0.05, 0.1) is 19.6 Å². The maximum absolute atomic E-state index is 12.0. The smallest absolute Gasteiger partial charge is 0.411 e. The van der Waals surface area contributed by atoms with Crippen LogP contribution in [0.1, 0.15) is 68.1 Å². The lowest BCUT2D eigenvalue weighted by Crippen LogP contribution is -2.14. The molecule has 0 atom stereocenters. The van der Waals surface area contributed by atoms with Crippen molar-refractivity contribution in [3.05, 3.63) is 65.2 Å². The van der Waals surface area contributed by atoms with E-state index < -0.39 is 6.09 Å². The van der Waals surface area contributed by atoms with E-state index in [4.69, 9.17) is 19.7 Å². The van der Waals surface area contributed by atoms with Crippen LogP contribution in [0.2, 0.25) is 0 Å². The van der Waals surface area contributed by atoms with Crippen LogP contribution >= 0.6 is 0 Å². The molecule has 0 aliphatic carbocycles. The second-order valence-electron chi connectivity index (χ2n) is 8.62. The number of ether oxygens (including phenoxy) is 2. The van der Waals surface area contributed by atoms with Gasteiger partial charge in [0, 0.05) is 18.9 Å². The number of aliphatic hydroxyl groups excluding tert-OH is 2. The summed E-state index contributed by atoms with van der Waals surface area (Å²) in [5.41, 5.74) is 3.85. The monoisotopic (exact) mass is 485 g/mol. The van der Waals surface area contributed by atoms with Crippen LogP contribution in [-0.2, 0) is 27.1 Å². The van der Waals surface area contributed by atoms with E-state index in [0.717, 1.165) is 74.5 Å². The van der Waals surface area contributed by atoms with Gasteiger partial charge in [-0.3, -0.25) is 10.1 Å². The molecule has 3 N–H and O–H groups in total. The molecule has 2 rings (SSSR count). The van der Waals surface area contributed by atoms with Crippen molar-refractivity contribution in [3.8, 4) is 0 Å². The Labute approximate surface area is 208 Å². The number of hydrogen-bond acceptors (Lipinski definition) is 6. The molecule has 7 nitrogen and oxygen atoms in total. The van der Waals surface area contributed by atoms with Crippen molar-refractivity contribution in [1.29, 1.82) is 0 Å². The van der Waals surface area contributed by atoms with Crippen molar-refractivity contribution < 1.29 is 29.3 Å². The van der Waals surface area contributed by atoms with Crippen LogP contribution in [0.4, 0.5) is 10.5 Å². The third-order valence-corrected chi connectivity index (χ3v) is 5.58. The summed E-state index contributed by atoms with van der Waals surface area (Å²) in [5, 5.41) is 20.2. The zero-order valence-corrected chi connectivity index (χ0v) is 20.5. The summed E-state index contributed by atoms with van der Waals surface area (Å²) >= 11 is 0. The summed E-state index contributed by atoms with van der Waals surface area (Å²) in [6.45, 7) is 1.21. The summed E-state index contributed by atoms with van der Waals surface area (Å²) in [5.74, 6) is -0.219. The SMILES string of the molecule is O=C(Cc1ccc(Cc2ccc(NC(=O)OCCCCCCO)cc2)cc1)OCCCCCCO. The number of carbonyl (C=O) groups is 2. The fourth-order valence-electron chi connectivity index (χ4n) is 3.57. The first-order chi connectivity index (χ1) is 17.1. The van der Waals surface area contributed by atoms with Gasteiger partial charge in [0.2, 0.25) is 0 Å². The highest BCUT2D eigenvalue weighted by atomic mass is 16.5. The fraction of sp³-hybridized carbons (Fsp3) is 0.500. The molecule has 0 radical (unpaired) electrons. The van der Waals surface area contributed by atoms with Gasteiger partial charge in [-0.05, 0) is 73.8 Å². The van der Waals surface area contributed by atoms with Gasteiger partial charge in [0.1, 0.15) is 0 Å². The van der Waals surface area contributed by atoms with Crippen LogP contribution in [-0.4, -0.2) is 48.7 Å². The molecule has 2 aromatic rings. The topological polar surface area (TPSA) is 105 Å². The van der Waals surface area contributed by atoms with Gasteiger partial charge in [-0.15, -0.1) is 0 Å². The lowest BCUT2D eigenvalue weighted by atomic mass is 10.0. The summed E-state index contributed by atoms with van der Waals surface area (Å²) in [6.07, 6.45) is 7.51. The maximum Gasteiger partial charge on any atom is 0.411 e. The van der Waals surface area contributed by atoms with Crippen molar-refractivity contribution in [3.63, 3.8) is 0 Å². The predicted octanol–water partition coefficient (Wildman–Crippen LogP) is 5.02. The van der Waals surface area contributed by atoms with Crippen molar-refractivity contribution in [2.24, 2.45) is 0 Å². The summed E-state index contributed by atoms with van der Waals surface area (Å²) in [7, 11) is 0. The second kappa shape index (κ2) is 17.5. The number of anilines is 1. The van der Waals surface area contributed by atoms with E-state index in [0.29, 0.717) is 18.9 Å². The van der Waals surface area contributed by atoms with Crippen LogP contribution in [0.15, 0.2) is 48.5 Å². The Kier molecular flexibility index (Phi) is 14.2. The fourth-order valence-corrected chi connectivity index (χ4v) is 3.57. The summed E-state index contributed by atoms with van der Waals surface area (Å²) < 4.78 is 10.5. The molecule has 0 fully saturated rings. The molecule has 192 valence electrons. The molecule has 0 aliphatic rings. The first-order valence-electron chi connectivity index (χ1n) is 12.6.